The first-order valence-electron chi connectivity index (χ1n) is 8.99. The van der Waals surface area contributed by atoms with E-state index < -0.39 is 10.0 Å². The van der Waals surface area contributed by atoms with Crippen LogP contribution in [0, 0.1) is 5.92 Å². The van der Waals surface area contributed by atoms with E-state index in [-0.39, 0.29) is 17.9 Å². The molecule has 5 nitrogen and oxygen atoms in total. The molecule has 0 aromatic heterocycles. The van der Waals surface area contributed by atoms with Gasteiger partial charge in [0.2, 0.25) is 15.9 Å². The highest BCUT2D eigenvalue weighted by Crippen LogP contribution is 2.25. The zero-order valence-corrected chi connectivity index (χ0v) is 16.7. The number of piperidine rings is 1. The van der Waals surface area contributed by atoms with Gasteiger partial charge in [0.25, 0.3) is 0 Å². The summed E-state index contributed by atoms with van der Waals surface area (Å²) in [5, 5.41) is 3.65. The molecule has 1 atom stereocenters. The minimum atomic E-state index is -3.50. The van der Waals surface area contributed by atoms with E-state index in [0.29, 0.717) is 35.8 Å². The summed E-state index contributed by atoms with van der Waals surface area (Å²) in [7, 11) is -3.50. The third kappa shape index (κ3) is 4.69. The average Bonchev–Trinajstić information content (AvgIpc) is 2.68. The van der Waals surface area contributed by atoms with Gasteiger partial charge in [-0.1, -0.05) is 41.9 Å². The molecule has 2 aromatic rings. The second kappa shape index (κ2) is 8.42. The van der Waals surface area contributed by atoms with Crippen LogP contribution in [0.5, 0.6) is 0 Å². The predicted octanol–water partition coefficient (Wildman–Crippen LogP) is 3.62. The van der Waals surface area contributed by atoms with Crippen LogP contribution in [0.4, 0.5) is 0 Å². The van der Waals surface area contributed by atoms with Gasteiger partial charge in [0.15, 0.2) is 0 Å². The van der Waals surface area contributed by atoms with E-state index in [1.807, 2.05) is 25.1 Å². The maximum Gasteiger partial charge on any atom is 0.243 e. The van der Waals surface area contributed by atoms with Crippen LogP contribution in [0.3, 0.4) is 0 Å². The number of amides is 1. The fourth-order valence-corrected chi connectivity index (χ4v) is 4.98. The Kier molecular flexibility index (Phi) is 6.19. The highest BCUT2D eigenvalue weighted by Gasteiger charge is 2.32. The lowest BCUT2D eigenvalue weighted by atomic mass is 9.96. The molecule has 7 heteroatoms. The molecular weight excluding hydrogens is 384 g/mol. The Bertz CT molecular complexity index is 894. The van der Waals surface area contributed by atoms with Crippen molar-refractivity contribution < 1.29 is 13.2 Å². The fourth-order valence-electron chi connectivity index (χ4n) is 3.29. The molecule has 0 spiro atoms. The number of carbonyl (C=O) groups is 1. The number of hydrogen-bond acceptors (Lipinski definition) is 3. The van der Waals surface area contributed by atoms with Gasteiger partial charge >= 0.3 is 0 Å². The van der Waals surface area contributed by atoms with Gasteiger partial charge in [-0.25, -0.2) is 8.42 Å². The van der Waals surface area contributed by atoms with Crippen molar-refractivity contribution in [3.8, 4) is 0 Å². The Morgan fingerprint density at radius 3 is 2.41 bits per heavy atom. The molecule has 0 radical (unpaired) electrons. The van der Waals surface area contributed by atoms with Crippen molar-refractivity contribution in [2.24, 2.45) is 5.92 Å². The molecule has 1 fully saturated rings. The van der Waals surface area contributed by atoms with Crippen LogP contribution in [0.25, 0.3) is 0 Å². The highest BCUT2D eigenvalue weighted by molar-refractivity contribution is 7.89. The summed E-state index contributed by atoms with van der Waals surface area (Å²) in [5.74, 6) is -0.229. The van der Waals surface area contributed by atoms with Crippen molar-refractivity contribution in [2.45, 2.75) is 30.7 Å². The number of sulfonamides is 1. The van der Waals surface area contributed by atoms with E-state index in [9.17, 15) is 13.2 Å². The van der Waals surface area contributed by atoms with Gasteiger partial charge in [-0.3, -0.25) is 4.79 Å². The van der Waals surface area contributed by atoms with Crippen molar-refractivity contribution in [1.29, 1.82) is 0 Å². The third-order valence-corrected chi connectivity index (χ3v) is 7.06. The number of nitrogens with zero attached hydrogens (tertiary/aromatic N) is 1. The molecule has 1 amide bonds. The van der Waals surface area contributed by atoms with Crippen LogP contribution < -0.4 is 5.32 Å². The Labute approximate surface area is 165 Å². The van der Waals surface area contributed by atoms with E-state index in [1.165, 1.54) is 4.31 Å². The Hall–Kier alpha value is -1.89. The van der Waals surface area contributed by atoms with Crippen molar-refractivity contribution in [1.82, 2.24) is 9.62 Å². The largest absolute Gasteiger partial charge is 0.349 e. The van der Waals surface area contributed by atoms with Crippen LogP contribution in [0.1, 0.15) is 31.4 Å². The van der Waals surface area contributed by atoms with Gasteiger partial charge in [0, 0.05) is 24.0 Å². The smallest absolute Gasteiger partial charge is 0.243 e. The Balaban J connectivity index is 1.58. The lowest BCUT2D eigenvalue weighted by Crippen LogP contribution is -2.43. The molecule has 27 heavy (non-hydrogen) atoms. The summed E-state index contributed by atoms with van der Waals surface area (Å²) in [4.78, 5) is 12.9. The number of hydrogen-bond donors (Lipinski definition) is 1. The molecule has 0 aliphatic carbocycles. The number of nitrogens with one attached hydrogen (secondary N) is 1. The van der Waals surface area contributed by atoms with Crippen molar-refractivity contribution in [2.75, 3.05) is 13.1 Å². The van der Waals surface area contributed by atoms with Crippen molar-refractivity contribution in [3.63, 3.8) is 0 Å². The molecule has 144 valence electrons. The summed E-state index contributed by atoms with van der Waals surface area (Å²) in [6.07, 6.45) is 1.03. The minimum Gasteiger partial charge on any atom is -0.349 e. The first-order valence-corrected chi connectivity index (χ1v) is 10.8. The monoisotopic (exact) mass is 406 g/mol. The zero-order chi connectivity index (χ0) is 19.4. The molecule has 1 heterocycles. The first-order chi connectivity index (χ1) is 12.9. The van der Waals surface area contributed by atoms with Crippen LogP contribution in [-0.4, -0.2) is 31.7 Å². The standard InChI is InChI=1S/C20H23ClN2O3S/c1-15(17-6-5-7-18(21)14-17)22-20(24)16-10-12-23(13-11-16)27(25,26)19-8-3-2-4-9-19/h2-9,14-16H,10-13H2,1H3,(H,22,24). The van der Waals surface area contributed by atoms with Crippen molar-refractivity contribution >= 4 is 27.5 Å². The molecule has 1 unspecified atom stereocenters. The lowest BCUT2D eigenvalue weighted by molar-refractivity contribution is -0.126. The summed E-state index contributed by atoms with van der Waals surface area (Å²) in [6, 6.07) is 15.7. The van der Waals surface area contributed by atoms with Crippen LogP contribution in [0.15, 0.2) is 59.5 Å². The summed E-state index contributed by atoms with van der Waals surface area (Å²) in [6.45, 7) is 2.61. The van der Waals surface area contributed by atoms with Crippen molar-refractivity contribution in [3.05, 3.63) is 65.2 Å². The average molecular weight is 407 g/mol. The van der Waals surface area contributed by atoms with E-state index in [1.54, 1.807) is 36.4 Å². The Morgan fingerprint density at radius 1 is 1.11 bits per heavy atom. The van der Waals surface area contributed by atoms with Gasteiger partial charge in [0.05, 0.1) is 10.9 Å². The molecule has 1 aliphatic heterocycles. The summed E-state index contributed by atoms with van der Waals surface area (Å²) in [5.41, 5.74) is 0.944. The molecule has 1 saturated heterocycles. The molecule has 1 aliphatic rings. The van der Waals surface area contributed by atoms with Gasteiger partial charge < -0.3 is 5.32 Å². The van der Waals surface area contributed by atoms with E-state index in [0.717, 1.165) is 5.56 Å². The van der Waals surface area contributed by atoms with Gasteiger partial charge in [-0.15, -0.1) is 0 Å². The SMILES string of the molecule is CC(NC(=O)C1CCN(S(=O)(=O)c2ccccc2)CC1)c1cccc(Cl)c1. The van der Waals surface area contributed by atoms with Gasteiger partial charge in [-0.05, 0) is 49.6 Å². The topological polar surface area (TPSA) is 66.5 Å². The fraction of sp³-hybridized carbons (Fsp3) is 0.350. The lowest BCUT2D eigenvalue weighted by Gasteiger charge is -2.31. The van der Waals surface area contributed by atoms with E-state index >= 15 is 0 Å². The first kappa shape index (κ1) is 19.9. The van der Waals surface area contributed by atoms with Crippen LogP contribution in [-0.2, 0) is 14.8 Å². The third-order valence-electron chi connectivity index (χ3n) is 4.91. The second-order valence-corrected chi connectivity index (χ2v) is 9.15. The maximum atomic E-state index is 12.7. The van der Waals surface area contributed by atoms with E-state index in [2.05, 4.69) is 5.32 Å². The molecular formula is C20H23ClN2O3S. The van der Waals surface area contributed by atoms with Crippen LogP contribution >= 0.6 is 11.6 Å². The number of rotatable bonds is 5. The van der Waals surface area contributed by atoms with E-state index in [4.69, 9.17) is 11.6 Å². The highest BCUT2D eigenvalue weighted by atomic mass is 35.5. The predicted molar refractivity (Wildman–Crippen MR) is 106 cm³/mol. The zero-order valence-electron chi connectivity index (χ0n) is 15.1. The maximum absolute atomic E-state index is 12.7. The molecule has 2 aromatic carbocycles. The molecule has 0 bridgehead atoms. The number of halogens is 1. The quantitative estimate of drug-likeness (QED) is 0.824. The van der Waals surface area contributed by atoms with Gasteiger partial charge in [-0.2, -0.15) is 4.31 Å². The number of carbonyl (C=O) groups excluding carboxylic acids is 1. The Morgan fingerprint density at radius 2 is 1.78 bits per heavy atom. The summed E-state index contributed by atoms with van der Waals surface area (Å²) < 4.78 is 26.8. The molecule has 1 N–H and O–H groups in total. The second-order valence-electron chi connectivity index (χ2n) is 6.78. The van der Waals surface area contributed by atoms with Crippen LogP contribution in [0.2, 0.25) is 5.02 Å². The van der Waals surface area contributed by atoms with Gasteiger partial charge in [0.1, 0.15) is 0 Å². The minimum absolute atomic E-state index is 0.0424. The number of benzene rings is 2. The summed E-state index contributed by atoms with van der Waals surface area (Å²) >= 11 is 6.01. The molecule has 0 saturated carbocycles. The molecule has 3 rings (SSSR count). The normalized spacial score (nSPS) is 17.4.